The number of ether oxygens (including phenoxy) is 2. The average molecular weight is 1490 g/mol. The maximum absolute atomic E-state index is 15.2. The van der Waals surface area contributed by atoms with E-state index in [1.165, 1.54) is 15.8 Å². The number of rotatable bonds is 25. The molecule has 582 valence electrons. The lowest BCUT2D eigenvalue weighted by Gasteiger charge is -2.42. The van der Waals surface area contributed by atoms with Crippen molar-refractivity contribution in [3.63, 3.8) is 0 Å². The van der Waals surface area contributed by atoms with E-state index < -0.39 is 206 Å². The van der Waals surface area contributed by atoms with Gasteiger partial charge < -0.3 is 100 Å². The quantitative estimate of drug-likeness (QED) is 0.0297. The normalized spacial score (nSPS) is 26.6. The molecule has 13 amide bonds. The van der Waals surface area contributed by atoms with Crippen LogP contribution in [0.25, 0.3) is 0 Å². The molecule has 4 aromatic rings. The number of nitrogens with one attached hydrogen (secondary N) is 10. The molecule has 107 heavy (non-hydrogen) atoms. The van der Waals surface area contributed by atoms with Crippen LogP contribution < -0.4 is 70.4 Å². The zero-order chi connectivity index (χ0) is 78.0. The van der Waals surface area contributed by atoms with Crippen molar-refractivity contribution in [3.05, 3.63) is 120 Å². The highest BCUT2D eigenvalue weighted by molar-refractivity contribution is 6.01. The molecule has 7 rings (SSSR count). The maximum Gasteiger partial charge on any atom is 0.246 e. The molecule has 0 bridgehead atoms. The summed E-state index contributed by atoms with van der Waals surface area (Å²) in [6.07, 6.45) is -7.10. The van der Waals surface area contributed by atoms with Gasteiger partial charge >= 0.3 is 0 Å². The second-order valence-corrected chi connectivity index (χ2v) is 27.7. The molecule has 4 heterocycles. The highest BCUT2D eigenvalue weighted by atomic mass is 16.7. The predicted octanol–water partition coefficient (Wildman–Crippen LogP) is -4.54. The van der Waals surface area contributed by atoms with Crippen LogP contribution in [-0.2, 0) is 104 Å². The number of hydrogen-bond acceptors (Lipinski definition) is 21. The van der Waals surface area contributed by atoms with E-state index in [0.29, 0.717) is 23.1 Å². The van der Waals surface area contributed by atoms with Gasteiger partial charge in [0.1, 0.15) is 84.8 Å². The molecule has 0 radical (unpaired) electrons. The Morgan fingerprint density at radius 2 is 1.07 bits per heavy atom. The molecule has 19 N–H and O–H groups in total. The lowest BCUT2D eigenvalue weighted by atomic mass is 9.97. The molecule has 3 saturated heterocycles. The first-order valence-corrected chi connectivity index (χ1v) is 35.8. The molecule has 15 atom stereocenters. The summed E-state index contributed by atoms with van der Waals surface area (Å²) < 4.78 is 12.8. The van der Waals surface area contributed by atoms with Gasteiger partial charge in [-0.25, -0.2) is 4.68 Å². The lowest BCUT2D eigenvalue weighted by Crippen LogP contribution is -2.64. The van der Waals surface area contributed by atoms with Crippen LogP contribution in [0.3, 0.4) is 0 Å². The molecule has 3 aromatic carbocycles. The van der Waals surface area contributed by atoms with Crippen LogP contribution in [0.2, 0.25) is 0 Å². The number of hydrogen-bond donors (Lipinski definition) is 16. The van der Waals surface area contributed by atoms with Gasteiger partial charge in [-0.2, -0.15) is 0 Å². The first kappa shape index (κ1) is 83.9. The Labute approximate surface area is 618 Å². The molecule has 35 nitrogen and oxygen atoms in total. The standard InChI is InChI=1S/C72H101N17O18/c1-39(2)31-48-64(98)84-53(34-44-21-13-8-14-22-44)71(105)89-28-16-24-54(89)69(103)83-50(33-43-19-11-7-12-20-43)66(100)80-49(32-42-17-9-6-10-18-42)65(99)82-52(36-57(75)93)67(101)77-47(25-26-56(74)92)63(97)81-51(68(102)85-58(40(3)4)70(104)78-46(23-15-27-73)62(96)79-48)35-45-37-88(87-86-45)29-30-106-72-59(76-41(5)91)61(95)60(94)55(38-90)107-72/h6-14,17-22,37,39-40,46-55,58-61,72,90,94-95H,15-16,23-36,38,73H2,1-5H3,(H2,74,92)(H2,75,93)(H,76,91)(H,77,101)(H,78,104)(H,79,96)(H,80,100)(H,81,97)(H,82,99)(H,83,103)(H,84,98)(H,85,102)/t46-,47-,48-,49+,50-,51-,52-,53+,54-,55+,58-,59+,60+,61+,72+/m0/s1. The maximum atomic E-state index is 15.2. The second-order valence-electron chi connectivity index (χ2n) is 27.7. The number of aliphatic hydroxyl groups is 3. The summed E-state index contributed by atoms with van der Waals surface area (Å²) in [6, 6.07) is 8.99. The van der Waals surface area contributed by atoms with Crippen molar-refractivity contribution in [1.82, 2.24) is 73.1 Å². The first-order chi connectivity index (χ1) is 51.0. The Hall–Kier alpha value is -10.3. The fourth-order valence-electron chi connectivity index (χ4n) is 12.7. The molecule has 0 saturated carbocycles. The van der Waals surface area contributed by atoms with Gasteiger partial charge in [-0.3, -0.25) is 62.3 Å². The van der Waals surface area contributed by atoms with Crippen LogP contribution in [0.1, 0.15) is 108 Å². The minimum Gasteiger partial charge on any atom is -0.394 e. The average Bonchev–Trinajstić information content (AvgIpc) is 1.28. The Balaban J connectivity index is 1.29. The zero-order valence-corrected chi connectivity index (χ0v) is 60.6. The van der Waals surface area contributed by atoms with E-state index in [4.69, 9.17) is 26.7 Å². The number of carbonyl (C=O) groups excluding carboxylic acids is 13. The number of nitrogens with two attached hydrogens (primary N) is 3. The molecule has 0 unspecified atom stereocenters. The molecule has 0 aliphatic carbocycles. The summed E-state index contributed by atoms with van der Waals surface area (Å²) in [6.45, 7) is 6.89. The fraction of sp³-hybridized carbons (Fsp3) is 0.542. The van der Waals surface area contributed by atoms with E-state index >= 15 is 14.4 Å². The molecule has 3 fully saturated rings. The summed E-state index contributed by atoms with van der Waals surface area (Å²) in [5, 5.41) is 66.0. The topological polar surface area (TPSA) is 533 Å². The summed E-state index contributed by atoms with van der Waals surface area (Å²) >= 11 is 0. The molecule has 3 aliphatic rings. The van der Waals surface area contributed by atoms with Gasteiger partial charge in [-0.1, -0.05) is 124 Å². The molecular formula is C72H101N17O18. The van der Waals surface area contributed by atoms with E-state index in [-0.39, 0.29) is 82.8 Å². The van der Waals surface area contributed by atoms with Crippen molar-refractivity contribution >= 4 is 76.8 Å². The predicted molar refractivity (Wildman–Crippen MR) is 382 cm³/mol. The first-order valence-electron chi connectivity index (χ1n) is 35.8. The third kappa shape index (κ3) is 25.4. The number of primary amides is 2. The minimum absolute atomic E-state index is 0.000496. The van der Waals surface area contributed by atoms with E-state index in [9.17, 15) is 63.3 Å². The van der Waals surface area contributed by atoms with Gasteiger partial charge in [0.2, 0.25) is 76.8 Å². The number of nitrogens with zero attached hydrogens (tertiary/aromatic N) is 4. The van der Waals surface area contributed by atoms with Crippen molar-refractivity contribution in [2.45, 2.75) is 209 Å². The van der Waals surface area contributed by atoms with Crippen molar-refractivity contribution in [1.29, 1.82) is 0 Å². The van der Waals surface area contributed by atoms with Crippen LogP contribution in [0.15, 0.2) is 97.2 Å². The van der Waals surface area contributed by atoms with Crippen LogP contribution in [0.4, 0.5) is 0 Å². The van der Waals surface area contributed by atoms with Crippen molar-refractivity contribution in [2.75, 3.05) is 26.3 Å². The van der Waals surface area contributed by atoms with Gasteiger partial charge in [0, 0.05) is 51.8 Å². The number of aromatic nitrogens is 3. The third-order valence-electron chi connectivity index (χ3n) is 18.3. The van der Waals surface area contributed by atoms with Crippen LogP contribution in [0.5, 0.6) is 0 Å². The Morgan fingerprint density at radius 3 is 1.61 bits per heavy atom. The summed E-state index contributed by atoms with van der Waals surface area (Å²) in [7, 11) is 0. The molecular weight excluding hydrogens is 1390 g/mol. The molecule has 35 heteroatoms. The van der Waals surface area contributed by atoms with Gasteiger partial charge in [-0.15, -0.1) is 5.10 Å². The van der Waals surface area contributed by atoms with Gasteiger partial charge in [-0.05, 0) is 73.6 Å². The highest BCUT2D eigenvalue weighted by Gasteiger charge is 2.46. The van der Waals surface area contributed by atoms with Crippen molar-refractivity contribution in [2.24, 2.45) is 29.0 Å². The van der Waals surface area contributed by atoms with Gasteiger partial charge in [0.05, 0.1) is 31.9 Å². The van der Waals surface area contributed by atoms with E-state index in [1.807, 2.05) is 0 Å². The molecule has 0 spiro atoms. The Bertz CT molecular complexity index is 3700. The van der Waals surface area contributed by atoms with Crippen LogP contribution >= 0.6 is 0 Å². The number of aliphatic hydroxyl groups excluding tert-OH is 3. The monoisotopic (exact) mass is 1490 g/mol. The summed E-state index contributed by atoms with van der Waals surface area (Å²) in [4.78, 5) is 188. The van der Waals surface area contributed by atoms with E-state index in [1.54, 1.807) is 119 Å². The lowest BCUT2D eigenvalue weighted by molar-refractivity contribution is -0.270. The van der Waals surface area contributed by atoms with E-state index in [2.05, 4.69) is 63.5 Å². The Morgan fingerprint density at radius 1 is 0.598 bits per heavy atom. The molecule has 3 aliphatic heterocycles. The smallest absolute Gasteiger partial charge is 0.246 e. The number of fused-ring (bicyclic) bond motifs is 1. The van der Waals surface area contributed by atoms with Gasteiger partial charge in [0.15, 0.2) is 6.29 Å². The summed E-state index contributed by atoms with van der Waals surface area (Å²) in [5.74, 6) is -13.1. The Kier molecular flexibility index (Phi) is 32.1. The zero-order valence-electron chi connectivity index (χ0n) is 60.6. The summed E-state index contributed by atoms with van der Waals surface area (Å²) in [5.41, 5.74) is 19.0. The number of carbonyl (C=O) groups is 13. The van der Waals surface area contributed by atoms with Crippen LogP contribution in [-0.4, -0.2) is 229 Å². The third-order valence-corrected chi connectivity index (χ3v) is 18.3. The van der Waals surface area contributed by atoms with Crippen molar-refractivity contribution < 1.29 is 87.1 Å². The van der Waals surface area contributed by atoms with Crippen molar-refractivity contribution in [3.8, 4) is 0 Å². The van der Waals surface area contributed by atoms with E-state index in [0.717, 1.165) is 6.92 Å². The largest absolute Gasteiger partial charge is 0.394 e. The SMILES string of the molecule is CC(=O)N[C@H]1[C@H](OCCn2cc(C[C@@H]3NC(=O)[C@H](CCC(N)=O)NC(=O)[C@H](CC(N)=O)NC(=O)[C@@H](Cc4ccccc4)NC(=O)[C@H](Cc4ccccc4)NC(=O)[C@@H]4CCCN4C(=O)[C@@H](Cc4ccccc4)NC(=O)[C@H](CC(C)C)NC(=O)[C@H](CCCN)NC(=O)[C@H](C(C)C)NC3=O)nn2)O[C@H](CO)[C@@H](O)[C@@H]1O. The minimum atomic E-state index is -1.92. The highest BCUT2D eigenvalue weighted by Crippen LogP contribution is 2.24. The number of benzene rings is 3. The second kappa shape index (κ2) is 41.0. The van der Waals surface area contributed by atoms with Gasteiger partial charge in [0.25, 0.3) is 0 Å². The van der Waals surface area contributed by atoms with Crippen LogP contribution in [0, 0.1) is 11.8 Å². The number of amides is 13. The fourth-order valence-corrected chi connectivity index (χ4v) is 12.7. The molecule has 1 aromatic heterocycles.